The molecule has 300 valence electrons. The Morgan fingerprint density at radius 2 is 1.70 bits per heavy atom. The molecule has 4 aromatic rings. The van der Waals surface area contributed by atoms with Crippen molar-refractivity contribution < 1.29 is 50.4 Å². The van der Waals surface area contributed by atoms with E-state index >= 15 is 0 Å². The summed E-state index contributed by atoms with van der Waals surface area (Å²) in [6, 6.07) is 7.69. The molecule has 0 bridgehead atoms. The molecular weight excluding hydrogens is 771 g/mol. The number of aromatic nitrogens is 5. The van der Waals surface area contributed by atoms with E-state index in [4.69, 9.17) is 17.3 Å². The third-order valence-corrected chi connectivity index (χ3v) is 9.63. The summed E-state index contributed by atoms with van der Waals surface area (Å²) >= 11 is 6.51. The fourth-order valence-corrected chi connectivity index (χ4v) is 6.64. The number of hydrogen-bond acceptors (Lipinski definition) is 9. The first-order chi connectivity index (χ1) is 26.3. The molecule has 2 aliphatic rings. The first kappa shape index (κ1) is 41.5. The average molecular weight is 810 g/mol. The molecule has 0 spiro atoms. The first-order valence-corrected chi connectivity index (χ1v) is 17.4. The Hall–Kier alpha value is -5.63. The van der Waals surface area contributed by atoms with Crippen molar-refractivity contribution in [3.05, 3.63) is 71.0 Å². The quantitative estimate of drug-likeness (QED) is 0.158. The van der Waals surface area contributed by atoms with Gasteiger partial charge in [0.15, 0.2) is 11.6 Å². The summed E-state index contributed by atoms with van der Waals surface area (Å²) in [6.45, 7) is 3.52. The molecule has 1 aromatic carbocycles. The molecule has 5 heterocycles. The highest BCUT2D eigenvalue weighted by Gasteiger charge is 2.40. The van der Waals surface area contributed by atoms with Crippen molar-refractivity contribution in [1.82, 2.24) is 34.1 Å². The summed E-state index contributed by atoms with van der Waals surface area (Å²) < 4.78 is 67.7. The van der Waals surface area contributed by atoms with Crippen LogP contribution in [0.4, 0.5) is 33.3 Å². The minimum atomic E-state index is -4.85. The van der Waals surface area contributed by atoms with Crippen molar-refractivity contribution >= 4 is 46.7 Å². The molecule has 3 N–H and O–H groups in total. The Bertz CT molecular complexity index is 2100. The van der Waals surface area contributed by atoms with Crippen LogP contribution >= 0.6 is 11.6 Å². The van der Waals surface area contributed by atoms with E-state index < -0.39 is 30.2 Å². The smallest absolute Gasteiger partial charge is 0.462 e. The fourth-order valence-electron chi connectivity index (χ4n) is 6.38. The van der Waals surface area contributed by atoms with Gasteiger partial charge in [0.1, 0.15) is 5.69 Å². The summed E-state index contributed by atoms with van der Waals surface area (Å²) in [5.41, 5.74) is 6.50. The van der Waals surface area contributed by atoms with Crippen LogP contribution in [0.5, 0.6) is 0 Å². The van der Waals surface area contributed by atoms with Gasteiger partial charge in [0.25, 0.3) is 18.2 Å². The van der Waals surface area contributed by atoms with E-state index in [1.54, 1.807) is 23.1 Å². The van der Waals surface area contributed by atoms with E-state index in [-0.39, 0.29) is 51.2 Å². The van der Waals surface area contributed by atoms with Gasteiger partial charge in [-0.05, 0) is 30.3 Å². The lowest BCUT2D eigenvalue weighted by Gasteiger charge is -2.36. The standard InChI is InChI=1S/C32H35ClF2N10O3.C3H3F3O2/c1-41-25(23-17-44(40-27(23)28(34)35)26-7-4-20(36)15-37-26)16-38-29(41)30(46)39-21-5-6-22(24(33)14-21)32(48)43-11-9-42(10-12-43)31(47)19-8-13-45(2,3)18-19;1-8-2(7)3(4,5)6/h4-7,14-17,19,28H,8-13,18,36H2,1-3H3;1H3/p+1. The number of piperazine rings is 1. The highest BCUT2D eigenvalue weighted by Crippen LogP contribution is 2.32. The number of nitrogens with one attached hydrogen (secondary N) is 1. The van der Waals surface area contributed by atoms with E-state index in [2.05, 4.69) is 39.2 Å². The van der Waals surface area contributed by atoms with Gasteiger partial charge in [0, 0.05) is 57.1 Å². The number of imidazole rings is 1. The fraction of sp³-hybridized carbons (Fsp3) is 0.400. The van der Waals surface area contributed by atoms with Crippen molar-refractivity contribution in [3.8, 4) is 17.1 Å². The van der Waals surface area contributed by atoms with Gasteiger partial charge in [0.2, 0.25) is 5.91 Å². The molecule has 2 fully saturated rings. The van der Waals surface area contributed by atoms with E-state index in [1.807, 2.05) is 4.90 Å². The Kier molecular flexibility index (Phi) is 12.3. The van der Waals surface area contributed by atoms with Crippen LogP contribution in [0.15, 0.2) is 48.9 Å². The topological polar surface area (TPSA) is 171 Å². The minimum absolute atomic E-state index is 0.0174. The zero-order chi connectivity index (χ0) is 41.1. The molecule has 15 nitrogen and oxygen atoms in total. The molecule has 6 rings (SSSR count). The predicted octanol–water partition coefficient (Wildman–Crippen LogP) is 4.20. The number of rotatable bonds is 7. The second-order valence-corrected chi connectivity index (χ2v) is 14.1. The normalized spacial score (nSPS) is 16.7. The summed E-state index contributed by atoms with van der Waals surface area (Å²) in [5.74, 6) is -2.63. The number of quaternary nitrogens is 1. The molecular formula is C35H39ClF5N10O5+. The Labute approximate surface area is 322 Å². The number of carbonyl (C=O) groups excluding carboxylic acids is 4. The van der Waals surface area contributed by atoms with E-state index in [0.29, 0.717) is 44.7 Å². The molecule has 3 aromatic heterocycles. The number of esters is 1. The first-order valence-electron chi connectivity index (χ1n) is 17.1. The van der Waals surface area contributed by atoms with Crippen LogP contribution in [0.3, 0.4) is 0 Å². The third kappa shape index (κ3) is 9.41. The maximum atomic E-state index is 14.0. The molecule has 1 unspecified atom stereocenters. The van der Waals surface area contributed by atoms with Gasteiger partial charge in [-0.15, -0.1) is 0 Å². The van der Waals surface area contributed by atoms with Gasteiger partial charge >= 0.3 is 12.1 Å². The second-order valence-electron chi connectivity index (χ2n) is 13.7. The number of halogens is 6. The largest absolute Gasteiger partial charge is 0.490 e. The summed E-state index contributed by atoms with van der Waals surface area (Å²) in [5, 5.41) is 6.86. The van der Waals surface area contributed by atoms with Gasteiger partial charge in [-0.2, -0.15) is 18.3 Å². The monoisotopic (exact) mass is 809 g/mol. The Balaban J connectivity index is 0.000000677. The number of nitrogens with zero attached hydrogens (tertiary/aromatic N) is 8. The SMILES string of the molecule is COC(=O)C(F)(F)F.Cn1c(-c2cn(-c3ccc(N)cn3)nc2C(F)F)cnc1C(=O)Nc1ccc(C(=O)N2CCN(C(=O)C3CC[N+](C)(C)C3)CC2)c(Cl)c1. The average Bonchev–Trinajstić information content (AvgIpc) is 3.87. The maximum absolute atomic E-state index is 14.0. The number of carbonyl (C=O) groups is 4. The summed E-state index contributed by atoms with van der Waals surface area (Å²) in [7, 11) is 6.47. The molecule has 1 atom stereocenters. The van der Waals surface area contributed by atoms with Crippen LogP contribution in [0.1, 0.15) is 39.5 Å². The third-order valence-electron chi connectivity index (χ3n) is 9.32. The van der Waals surface area contributed by atoms with Gasteiger partial charge in [-0.25, -0.2) is 28.2 Å². The predicted molar refractivity (Wildman–Crippen MR) is 193 cm³/mol. The molecule has 3 amide bonds. The number of pyridine rings is 1. The number of benzene rings is 1. The number of methoxy groups -OCH3 is 1. The molecule has 21 heteroatoms. The Morgan fingerprint density at radius 3 is 2.23 bits per heavy atom. The second kappa shape index (κ2) is 16.6. The summed E-state index contributed by atoms with van der Waals surface area (Å²) in [6.07, 6.45) is -2.79. The minimum Gasteiger partial charge on any atom is -0.462 e. The van der Waals surface area contributed by atoms with Crippen LogP contribution in [0, 0.1) is 5.92 Å². The highest BCUT2D eigenvalue weighted by atomic mass is 35.5. The van der Waals surface area contributed by atoms with E-state index in [9.17, 15) is 41.1 Å². The molecule has 56 heavy (non-hydrogen) atoms. The van der Waals surface area contributed by atoms with Crippen molar-refractivity contribution in [2.24, 2.45) is 13.0 Å². The Morgan fingerprint density at radius 1 is 1.02 bits per heavy atom. The molecule has 0 saturated carbocycles. The number of ether oxygens (including phenoxy) is 1. The van der Waals surface area contributed by atoms with Crippen molar-refractivity contribution in [1.29, 1.82) is 0 Å². The molecule has 2 aliphatic heterocycles. The number of likely N-dealkylation sites (tertiary alicyclic amines) is 1. The van der Waals surface area contributed by atoms with Gasteiger partial charge in [-0.1, -0.05) is 11.6 Å². The molecule has 0 aliphatic carbocycles. The van der Waals surface area contributed by atoms with Gasteiger partial charge < -0.3 is 34.6 Å². The van der Waals surface area contributed by atoms with Crippen molar-refractivity contribution in [2.45, 2.75) is 19.0 Å². The van der Waals surface area contributed by atoms with Crippen LogP contribution in [-0.4, -0.2) is 129 Å². The lowest BCUT2D eigenvalue weighted by molar-refractivity contribution is -0.878. The lowest BCUT2D eigenvalue weighted by Crippen LogP contribution is -2.52. The number of hydrogen-bond donors (Lipinski definition) is 2. The number of alkyl halides is 5. The van der Waals surface area contributed by atoms with Crippen molar-refractivity contribution in [3.63, 3.8) is 0 Å². The van der Waals surface area contributed by atoms with Gasteiger partial charge in [0.05, 0.1) is 74.6 Å². The van der Waals surface area contributed by atoms with Crippen LogP contribution < -0.4 is 11.1 Å². The van der Waals surface area contributed by atoms with Crippen LogP contribution in [-0.2, 0) is 21.4 Å². The molecule has 0 radical (unpaired) electrons. The zero-order valence-corrected chi connectivity index (χ0v) is 31.4. The van der Waals surface area contributed by atoms with Crippen LogP contribution in [0.25, 0.3) is 17.1 Å². The lowest BCUT2D eigenvalue weighted by atomic mass is 10.1. The van der Waals surface area contributed by atoms with Crippen LogP contribution in [0.2, 0.25) is 5.02 Å². The number of anilines is 2. The number of nitrogen functional groups attached to an aromatic ring is 1. The number of amides is 3. The summed E-state index contributed by atoms with van der Waals surface area (Å²) in [4.78, 5) is 60.9. The molecule has 2 saturated heterocycles. The number of nitrogens with two attached hydrogens (primary N) is 1. The van der Waals surface area contributed by atoms with Gasteiger partial charge in [-0.3, -0.25) is 14.4 Å². The highest BCUT2D eigenvalue weighted by molar-refractivity contribution is 6.34. The van der Waals surface area contributed by atoms with E-state index in [1.165, 1.54) is 47.0 Å². The maximum Gasteiger partial charge on any atom is 0.490 e. The van der Waals surface area contributed by atoms with Crippen molar-refractivity contribution in [2.75, 3.05) is 71.5 Å². The van der Waals surface area contributed by atoms with E-state index in [0.717, 1.165) is 24.0 Å². The zero-order valence-electron chi connectivity index (χ0n) is 30.7.